The maximum Gasteiger partial charge on any atom is 0.0573 e. The molecule has 0 bridgehead atoms. The van der Waals surface area contributed by atoms with Gasteiger partial charge in [-0.15, -0.1) is 34.0 Å². The standard InChI is InChI=1S/C6H7N.2BrH/c1-2-4-6-7-5-3-1;;/h1-5H,6H2;2*1H. The van der Waals surface area contributed by atoms with Crippen molar-refractivity contribution in [1.82, 2.24) is 0 Å². The van der Waals surface area contributed by atoms with Crippen LogP contribution in [0.3, 0.4) is 0 Å². The zero-order valence-electron chi connectivity index (χ0n) is 4.86. The summed E-state index contributed by atoms with van der Waals surface area (Å²) >= 11 is 0. The van der Waals surface area contributed by atoms with Gasteiger partial charge in [-0.1, -0.05) is 18.2 Å². The molecule has 1 nitrogen and oxygen atoms in total. The summed E-state index contributed by atoms with van der Waals surface area (Å²) in [4.78, 5) is 3.97. The highest BCUT2D eigenvalue weighted by molar-refractivity contribution is 8.93. The van der Waals surface area contributed by atoms with E-state index in [9.17, 15) is 0 Å². The number of nitrogens with zero attached hydrogens (tertiary/aromatic N) is 1. The van der Waals surface area contributed by atoms with Crippen molar-refractivity contribution in [3.8, 4) is 0 Å². The van der Waals surface area contributed by atoms with Crippen molar-refractivity contribution in [3.05, 3.63) is 24.3 Å². The summed E-state index contributed by atoms with van der Waals surface area (Å²) in [6, 6.07) is 0. The normalized spacial score (nSPS) is 13.3. The van der Waals surface area contributed by atoms with Crippen molar-refractivity contribution in [2.75, 3.05) is 6.54 Å². The lowest BCUT2D eigenvalue weighted by Gasteiger charge is -1.71. The molecule has 0 N–H and O–H groups in total. The summed E-state index contributed by atoms with van der Waals surface area (Å²) in [5.41, 5.74) is 0. The van der Waals surface area contributed by atoms with E-state index >= 15 is 0 Å². The van der Waals surface area contributed by atoms with Gasteiger partial charge >= 0.3 is 0 Å². The molecule has 0 amide bonds. The lowest BCUT2D eigenvalue weighted by Crippen LogP contribution is -1.66. The first-order valence-corrected chi connectivity index (χ1v) is 2.32. The van der Waals surface area contributed by atoms with Gasteiger partial charge in [-0.05, 0) is 6.08 Å². The summed E-state index contributed by atoms with van der Waals surface area (Å²) in [7, 11) is 0. The summed E-state index contributed by atoms with van der Waals surface area (Å²) in [5, 5.41) is 0. The molecule has 0 aromatic rings. The summed E-state index contributed by atoms with van der Waals surface area (Å²) in [6.07, 6.45) is 9.70. The van der Waals surface area contributed by atoms with E-state index in [2.05, 4.69) is 4.99 Å². The molecular formula is C6H9Br2N. The Kier molecular flexibility index (Phi) is 10.7. The molecule has 0 radical (unpaired) electrons. The molecule has 3 heteroatoms. The van der Waals surface area contributed by atoms with Crippen molar-refractivity contribution in [3.63, 3.8) is 0 Å². The number of halogens is 2. The molecule has 0 saturated carbocycles. The molecule has 1 heterocycles. The van der Waals surface area contributed by atoms with Gasteiger partial charge in [0.2, 0.25) is 0 Å². The molecule has 0 aliphatic carbocycles. The number of allylic oxidation sites excluding steroid dienone is 3. The average Bonchev–Trinajstić information content (AvgIpc) is 1.90. The first kappa shape index (κ1) is 11.9. The fourth-order valence-corrected chi connectivity index (χ4v) is 0.436. The van der Waals surface area contributed by atoms with Gasteiger partial charge in [0.25, 0.3) is 0 Å². The fourth-order valence-electron chi connectivity index (χ4n) is 0.436. The van der Waals surface area contributed by atoms with Crippen molar-refractivity contribution in [1.29, 1.82) is 0 Å². The van der Waals surface area contributed by atoms with Crippen LogP contribution in [0.25, 0.3) is 0 Å². The highest BCUT2D eigenvalue weighted by Gasteiger charge is 1.70. The van der Waals surface area contributed by atoms with Crippen LogP contribution in [0.15, 0.2) is 29.3 Å². The zero-order chi connectivity index (χ0) is 4.95. The fraction of sp³-hybridized carbons (Fsp3) is 0.167. The largest absolute Gasteiger partial charge is 0.289 e. The van der Waals surface area contributed by atoms with E-state index in [1.165, 1.54) is 0 Å². The zero-order valence-corrected chi connectivity index (χ0v) is 8.28. The third-order valence-electron chi connectivity index (χ3n) is 0.761. The molecule has 0 spiro atoms. The van der Waals surface area contributed by atoms with Crippen LogP contribution in [-0.2, 0) is 0 Å². The van der Waals surface area contributed by atoms with Gasteiger partial charge < -0.3 is 0 Å². The van der Waals surface area contributed by atoms with Gasteiger partial charge in [-0.2, -0.15) is 0 Å². The second kappa shape index (κ2) is 8.11. The summed E-state index contributed by atoms with van der Waals surface area (Å²) in [6.45, 7) is 0.826. The van der Waals surface area contributed by atoms with Crippen molar-refractivity contribution in [2.24, 2.45) is 4.99 Å². The molecule has 0 aromatic carbocycles. The predicted octanol–water partition coefficient (Wildman–Crippen LogP) is 2.34. The Morgan fingerprint density at radius 1 is 1.00 bits per heavy atom. The van der Waals surface area contributed by atoms with E-state index in [0.29, 0.717) is 0 Å². The molecule has 1 aliphatic heterocycles. The smallest absolute Gasteiger partial charge is 0.0573 e. The van der Waals surface area contributed by atoms with Gasteiger partial charge in [-0.3, -0.25) is 4.99 Å². The third kappa shape index (κ3) is 5.99. The van der Waals surface area contributed by atoms with E-state index in [-0.39, 0.29) is 34.0 Å². The number of hydrogen-bond acceptors (Lipinski definition) is 1. The monoisotopic (exact) mass is 253 g/mol. The first-order valence-electron chi connectivity index (χ1n) is 2.32. The number of hydrogen-bond donors (Lipinski definition) is 0. The minimum atomic E-state index is 0. The number of aliphatic imine (C=N–C) groups is 1. The van der Waals surface area contributed by atoms with Crippen LogP contribution in [0.1, 0.15) is 0 Å². The van der Waals surface area contributed by atoms with Crippen LogP contribution in [0.5, 0.6) is 0 Å². The molecule has 0 saturated heterocycles. The lowest BCUT2D eigenvalue weighted by molar-refractivity contribution is 1.27. The second-order valence-electron chi connectivity index (χ2n) is 1.33. The Bertz CT molecular complexity index is 113. The van der Waals surface area contributed by atoms with Gasteiger partial charge in [0, 0.05) is 6.21 Å². The van der Waals surface area contributed by atoms with Gasteiger partial charge in [0.1, 0.15) is 0 Å². The first-order chi connectivity index (χ1) is 3.50. The molecule has 0 atom stereocenters. The Morgan fingerprint density at radius 2 is 1.78 bits per heavy atom. The Morgan fingerprint density at radius 3 is 2.56 bits per heavy atom. The number of rotatable bonds is 0. The topological polar surface area (TPSA) is 12.4 Å². The lowest BCUT2D eigenvalue weighted by atomic mass is 10.5. The molecular weight excluding hydrogens is 246 g/mol. The van der Waals surface area contributed by atoms with Crippen LogP contribution >= 0.6 is 34.0 Å². The van der Waals surface area contributed by atoms with E-state index in [1.54, 1.807) is 6.21 Å². The van der Waals surface area contributed by atoms with Crippen molar-refractivity contribution < 1.29 is 0 Å². The SMILES string of the molecule is Br.Br.C1=CC=NCC=C1. The highest BCUT2D eigenvalue weighted by Crippen LogP contribution is 1.81. The predicted molar refractivity (Wildman–Crippen MR) is 52.3 cm³/mol. The Labute approximate surface area is 76.1 Å². The molecule has 0 unspecified atom stereocenters. The third-order valence-corrected chi connectivity index (χ3v) is 0.761. The summed E-state index contributed by atoms with van der Waals surface area (Å²) in [5.74, 6) is 0. The van der Waals surface area contributed by atoms with Crippen LogP contribution in [0.4, 0.5) is 0 Å². The van der Waals surface area contributed by atoms with E-state index in [4.69, 9.17) is 0 Å². The van der Waals surface area contributed by atoms with Gasteiger partial charge in [-0.25, -0.2) is 0 Å². The van der Waals surface area contributed by atoms with Crippen molar-refractivity contribution >= 4 is 40.2 Å². The maximum atomic E-state index is 3.97. The molecule has 1 rings (SSSR count). The van der Waals surface area contributed by atoms with Crippen LogP contribution in [-0.4, -0.2) is 12.8 Å². The molecule has 0 fully saturated rings. The quantitative estimate of drug-likeness (QED) is 0.630. The summed E-state index contributed by atoms with van der Waals surface area (Å²) < 4.78 is 0. The van der Waals surface area contributed by atoms with Crippen molar-refractivity contribution in [2.45, 2.75) is 0 Å². The Hall–Kier alpha value is 0.110. The van der Waals surface area contributed by atoms with Gasteiger partial charge in [0.05, 0.1) is 6.54 Å². The molecule has 1 aliphatic rings. The van der Waals surface area contributed by atoms with E-state index in [0.717, 1.165) is 6.54 Å². The maximum absolute atomic E-state index is 3.97. The molecule has 9 heavy (non-hydrogen) atoms. The highest BCUT2D eigenvalue weighted by atomic mass is 79.9. The van der Waals surface area contributed by atoms with Gasteiger partial charge in [0.15, 0.2) is 0 Å². The van der Waals surface area contributed by atoms with Crippen LogP contribution in [0.2, 0.25) is 0 Å². The molecule has 52 valence electrons. The van der Waals surface area contributed by atoms with Crippen LogP contribution in [0, 0.1) is 0 Å². The Balaban J connectivity index is 0. The second-order valence-corrected chi connectivity index (χ2v) is 1.33. The minimum absolute atomic E-state index is 0. The van der Waals surface area contributed by atoms with E-state index in [1.807, 2.05) is 24.3 Å². The van der Waals surface area contributed by atoms with E-state index < -0.39 is 0 Å². The van der Waals surface area contributed by atoms with Crippen LogP contribution < -0.4 is 0 Å². The molecule has 0 aromatic heterocycles. The average molecular weight is 255 g/mol. The minimum Gasteiger partial charge on any atom is -0.289 e.